The van der Waals surface area contributed by atoms with E-state index in [-0.39, 0.29) is 12.0 Å². The Labute approximate surface area is 131 Å². The fraction of sp³-hybridized carbons (Fsp3) is 0.278. The normalized spacial score (nSPS) is 11.9. The Morgan fingerprint density at radius 3 is 2.55 bits per heavy atom. The quantitative estimate of drug-likeness (QED) is 0.604. The Hall–Kier alpha value is -2.33. The van der Waals surface area contributed by atoms with Gasteiger partial charge >= 0.3 is 0 Å². The van der Waals surface area contributed by atoms with E-state index in [1.807, 2.05) is 49.4 Å². The van der Waals surface area contributed by atoms with Gasteiger partial charge in [0.05, 0.1) is 17.5 Å². The molecule has 2 aromatic rings. The van der Waals surface area contributed by atoms with E-state index in [1.165, 1.54) is 0 Å². The molecule has 116 valence electrons. The molecule has 0 aliphatic rings. The maximum Gasteiger partial charge on any atom is 0.224 e. The van der Waals surface area contributed by atoms with Gasteiger partial charge in [0.2, 0.25) is 5.91 Å². The number of para-hydroxylation sites is 2. The number of carbonyl (C=O) groups is 1. The third kappa shape index (κ3) is 4.90. The summed E-state index contributed by atoms with van der Waals surface area (Å²) < 4.78 is 5.75. The minimum absolute atomic E-state index is 0.0361. The number of benzene rings is 2. The maximum atomic E-state index is 11.9. The molecule has 0 aliphatic carbocycles. The summed E-state index contributed by atoms with van der Waals surface area (Å²) in [5, 5.41) is 2.81. The first-order chi connectivity index (χ1) is 10.7. The van der Waals surface area contributed by atoms with Crippen LogP contribution in [0.2, 0.25) is 0 Å². The van der Waals surface area contributed by atoms with Crippen LogP contribution in [0.25, 0.3) is 0 Å². The summed E-state index contributed by atoms with van der Waals surface area (Å²) in [6, 6.07) is 17.3. The number of amides is 1. The molecule has 0 aromatic heterocycles. The van der Waals surface area contributed by atoms with Crippen molar-refractivity contribution in [2.24, 2.45) is 0 Å². The van der Waals surface area contributed by atoms with Crippen molar-refractivity contribution in [3.63, 3.8) is 0 Å². The second-order valence-corrected chi connectivity index (χ2v) is 5.16. The van der Waals surface area contributed by atoms with Crippen LogP contribution in [0.5, 0.6) is 0 Å². The number of nitrogen functional groups attached to an aromatic ring is 1. The number of rotatable bonds is 7. The monoisotopic (exact) mass is 298 g/mol. The average Bonchev–Trinajstić information content (AvgIpc) is 2.54. The van der Waals surface area contributed by atoms with Gasteiger partial charge in [0.1, 0.15) is 0 Å². The van der Waals surface area contributed by atoms with Crippen LogP contribution in [-0.4, -0.2) is 12.5 Å². The molecule has 1 amide bonds. The largest absolute Gasteiger partial charge is 0.397 e. The predicted octanol–water partition coefficient (Wildman–Crippen LogP) is 3.77. The molecule has 3 N–H and O–H groups in total. The summed E-state index contributed by atoms with van der Waals surface area (Å²) >= 11 is 0. The Morgan fingerprint density at radius 1 is 1.14 bits per heavy atom. The molecule has 0 saturated carbocycles. The number of anilines is 2. The summed E-state index contributed by atoms with van der Waals surface area (Å²) in [7, 11) is 0. The molecule has 4 heteroatoms. The third-order valence-corrected chi connectivity index (χ3v) is 3.42. The zero-order chi connectivity index (χ0) is 15.8. The van der Waals surface area contributed by atoms with Crippen LogP contribution >= 0.6 is 0 Å². The Morgan fingerprint density at radius 2 is 1.82 bits per heavy atom. The highest BCUT2D eigenvalue weighted by molar-refractivity contribution is 5.93. The summed E-state index contributed by atoms with van der Waals surface area (Å²) in [5.74, 6) is -0.0473. The lowest BCUT2D eigenvalue weighted by atomic mass is 10.1. The molecule has 2 rings (SSSR count). The molecular weight excluding hydrogens is 276 g/mol. The number of ether oxygens (including phenoxy) is 1. The zero-order valence-electron chi connectivity index (χ0n) is 12.8. The van der Waals surface area contributed by atoms with Crippen molar-refractivity contribution in [1.29, 1.82) is 0 Å². The van der Waals surface area contributed by atoms with Crippen LogP contribution in [0.1, 0.15) is 31.4 Å². The average molecular weight is 298 g/mol. The van der Waals surface area contributed by atoms with E-state index < -0.39 is 0 Å². The fourth-order valence-electron chi connectivity index (χ4n) is 2.14. The molecule has 4 nitrogen and oxygen atoms in total. The van der Waals surface area contributed by atoms with Gasteiger partial charge in [-0.3, -0.25) is 4.79 Å². The molecule has 1 unspecified atom stereocenters. The van der Waals surface area contributed by atoms with Crippen LogP contribution in [0.15, 0.2) is 54.6 Å². The maximum absolute atomic E-state index is 11.9. The van der Waals surface area contributed by atoms with Crippen LogP contribution in [0.4, 0.5) is 11.4 Å². The van der Waals surface area contributed by atoms with E-state index in [0.29, 0.717) is 30.8 Å². The van der Waals surface area contributed by atoms with Gasteiger partial charge < -0.3 is 15.8 Å². The van der Waals surface area contributed by atoms with Crippen molar-refractivity contribution in [2.75, 3.05) is 17.7 Å². The van der Waals surface area contributed by atoms with Crippen LogP contribution in [0, 0.1) is 0 Å². The zero-order valence-corrected chi connectivity index (χ0v) is 12.8. The van der Waals surface area contributed by atoms with Crippen molar-refractivity contribution in [1.82, 2.24) is 0 Å². The first-order valence-corrected chi connectivity index (χ1v) is 7.47. The van der Waals surface area contributed by atoms with Gasteiger partial charge in [0.15, 0.2) is 0 Å². The number of carbonyl (C=O) groups excluding carboxylic acids is 1. The topological polar surface area (TPSA) is 64.3 Å². The number of nitrogens with two attached hydrogens (primary N) is 1. The summed E-state index contributed by atoms with van der Waals surface area (Å²) in [4.78, 5) is 11.9. The summed E-state index contributed by atoms with van der Waals surface area (Å²) in [5.41, 5.74) is 8.16. The molecular formula is C18H22N2O2. The van der Waals surface area contributed by atoms with Gasteiger partial charge in [-0.2, -0.15) is 0 Å². The minimum Gasteiger partial charge on any atom is -0.397 e. The van der Waals surface area contributed by atoms with E-state index in [4.69, 9.17) is 10.5 Å². The molecule has 0 fully saturated rings. The molecule has 0 spiro atoms. The Bertz CT molecular complexity index is 599. The van der Waals surface area contributed by atoms with Crippen LogP contribution < -0.4 is 11.1 Å². The second kappa shape index (κ2) is 8.20. The molecule has 2 aromatic carbocycles. The first-order valence-electron chi connectivity index (χ1n) is 7.47. The second-order valence-electron chi connectivity index (χ2n) is 5.16. The van der Waals surface area contributed by atoms with E-state index in [9.17, 15) is 4.79 Å². The van der Waals surface area contributed by atoms with Gasteiger partial charge in [-0.15, -0.1) is 0 Å². The lowest BCUT2D eigenvalue weighted by Gasteiger charge is -2.13. The van der Waals surface area contributed by atoms with E-state index in [2.05, 4.69) is 5.32 Å². The smallest absolute Gasteiger partial charge is 0.224 e. The van der Waals surface area contributed by atoms with Gasteiger partial charge in [-0.05, 0) is 31.0 Å². The van der Waals surface area contributed by atoms with Crippen molar-refractivity contribution in [3.8, 4) is 0 Å². The third-order valence-electron chi connectivity index (χ3n) is 3.42. The fourth-order valence-corrected chi connectivity index (χ4v) is 2.14. The lowest BCUT2D eigenvalue weighted by Crippen LogP contribution is -2.13. The molecule has 0 saturated heterocycles. The predicted molar refractivity (Wildman–Crippen MR) is 89.5 cm³/mol. The van der Waals surface area contributed by atoms with Crippen LogP contribution in [-0.2, 0) is 9.53 Å². The number of nitrogens with one attached hydrogen (secondary N) is 1. The van der Waals surface area contributed by atoms with E-state index in [1.54, 1.807) is 12.1 Å². The molecule has 0 aliphatic heterocycles. The molecule has 22 heavy (non-hydrogen) atoms. The Balaban J connectivity index is 1.68. The van der Waals surface area contributed by atoms with Gasteiger partial charge in [-0.25, -0.2) is 0 Å². The molecule has 0 bridgehead atoms. The molecule has 0 radical (unpaired) electrons. The van der Waals surface area contributed by atoms with Crippen molar-refractivity contribution in [2.45, 2.75) is 25.9 Å². The highest BCUT2D eigenvalue weighted by atomic mass is 16.5. The highest BCUT2D eigenvalue weighted by Crippen LogP contribution is 2.18. The van der Waals surface area contributed by atoms with E-state index in [0.717, 1.165) is 5.56 Å². The first kappa shape index (κ1) is 16.0. The van der Waals surface area contributed by atoms with Crippen molar-refractivity contribution >= 4 is 17.3 Å². The lowest BCUT2D eigenvalue weighted by molar-refractivity contribution is -0.116. The number of hydrogen-bond donors (Lipinski definition) is 2. The van der Waals surface area contributed by atoms with Crippen molar-refractivity contribution < 1.29 is 9.53 Å². The number of hydrogen-bond acceptors (Lipinski definition) is 3. The molecule has 1 atom stereocenters. The van der Waals surface area contributed by atoms with Gasteiger partial charge in [0.25, 0.3) is 0 Å². The van der Waals surface area contributed by atoms with Crippen molar-refractivity contribution in [3.05, 3.63) is 60.2 Å². The summed E-state index contributed by atoms with van der Waals surface area (Å²) in [6.45, 7) is 2.56. The van der Waals surface area contributed by atoms with E-state index >= 15 is 0 Å². The Kier molecular flexibility index (Phi) is 5.98. The summed E-state index contributed by atoms with van der Waals surface area (Å²) in [6.07, 6.45) is 1.13. The van der Waals surface area contributed by atoms with Crippen LogP contribution in [0.3, 0.4) is 0 Å². The standard InChI is InChI=1S/C18H22N2O2/c1-14(15-8-3-2-4-9-15)22-13-7-12-18(21)20-17-11-6-5-10-16(17)19/h2-6,8-11,14H,7,12-13,19H2,1H3,(H,20,21). The van der Waals surface area contributed by atoms with Gasteiger partial charge in [-0.1, -0.05) is 42.5 Å². The minimum atomic E-state index is -0.0473. The molecule has 0 heterocycles. The SMILES string of the molecule is CC(OCCCC(=O)Nc1ccccc1N)c1ccccc1. The highest BCUT2D eigenvalue weighted by Gasteiger charge is 2.07. The van der Waals surface area contributed by atoms with Gasteiger partial charge in [0, 0.05) is 13.0 Å².